The summed E-state index contributed by atoms with van der Waals surface area (Å²) in [5, 5.41) is 0. The fraction of sp³-hybridized carbons (Fsp3) is 0.222. The second kappa shape index (κ2) is 3.58. The van der Waals surface area contributed by atoms with E-state index >= 15 is 0 Å². The summed E-state index contributed by atoms with van der Waals surface area (Å²) in [6, 6.07) is 3.91. The summed E-state index contributed by atoms with van der Waals surface area (Å²) in [6.07, 6.45) is 3.91. The monoisotopic (exact) mass is 165 g/mol. The minimum Gasteiger partial charge on any atom is -0.253 e. The summed E-state index contributed by atoms with van der Waals surface area (Å²) in [5.41, 5.74) is 1.96. The van der Waals surface area contributed by atoms with E-state index in [1.807, 2.05) is 38.1 Å². The molecule has 1 heterocycles. The van der Waals surface area contributed by atoms with E-state index in [0.717, 1.165) is 16.3 Å². The number of rotatable bonds is 1. The molecule has 0 fully saturated rings. The van der Waals surface area contributed by atoms with Crippen LogP contribution in [0.15, 0.2) is 23.1 Å². The SMILES string of the molecule is C/C=C\c1nc(C)ccc1S. The third-order valence-corrected chi connectivity index (χ3v) is 1.74. The van der Waals surface area contributed by atoms with Gasteiger partial charge in [0.1, 0.15) is 0 Å². The number of aryl methyl sites for hydroxylation is 1. The Kier molecular flexibility index (Phi) is 2.71. The number of thiol groups is 1. The average Bonchev–Trinajstić information content (AvgIpc) is 1.98. The van der Waals surface area contributed by atoms with Gasteiger partial charge in [0.25, 0.3) is 0 Å². The Morgan fingerprint density at radius 1 is 1.45 bits per heavy atom. The van der Waals surface area contributed by atoms with Gasteiger partial charge in [-0.15, -0.1) is 12.6 Å². The van der Waals surface area contributed by atoms with Crippen molar-refractivity contribution in [3.8, 4) is 0 Å². The summed E-state index contributed by atoms with van der Waals surface area (Å²) >= 11 is 4.27. The van der Waals surface area contributed by atoms with Gasteiger partial charge in [-0.05, 0) is 32.1 Å². The molecule has 0 N–H and O–H groups in total. The predicted octanol–water partition coefficient (Wildman–Crippen LogP) is 2.71. The van der Waals surface area contributed by atoms with Crippen LogP contribution in [0.3, 0.4) is 0 Å². The van der Waals surface area contributed by atoms with E-state index < -0.39 is 0 Å². The molecule has 1 rings (SSSR count). The highest BCUT2D eigenvalue weighted by atomic mass is 32.1. The molecule has 0 spiro atoms. The largest absolute Gasteiger partial charge is 0.253 e. The maximum absolute atomic E-state index is 4.30. The van der Waals surface area contributed by atoms with Crippen molar-refractivity contribution >= 4 is 18.7 Å². The highest BCUT2D eigenvalue weighted by Crippen LogP contribution is 2.12. The molecule has 0 saturated carbocycles. The Labute approximate surface area is 72.6 Å². The first-order chi connectivity index (χ1) is 5.24. The van der Waals surface area contributed by atoms with Crippen molar-refractivity contribution in [2.24, 2.45) is 0 Å². The molecule has 0 amide bonds. The number of aromatic nitrogens is 1. The summed E-state index contributed by atoms with van der Waals surface area (Å²) in [6.45, 7) is 3.94. The molecular formula is C9H11NS. The first-order valence-corrected chi connectivity index (χ1v) is 3.98. The van der Waals surface area contributed by atoms with Gasteiger partial charge < -0.3 is 0 Å². The van der Waals surface area contributed by atoms with Crippen molar-refractivity contribution in [1.82, 2.24) is 4.98 Å². The van der Waals surface area contributed by atoms with Gasteiger partial charge in [-0.2, -0.15) is 0 Å². The standard InChI is InChI=1S/C9H11NS/c1-3-4-8-9(11)6-5-7(2)10-8/h3-6,11H,1-2H3/b4-3-. The van der Waals surface area contributed by atoms with Crippen molar-refractivity contribution in [2.75, 3.05) is 0 Å². The van der Waals surface area contributed by atoms with Crippen molar-refractivity contribution in [3.63, 3.8) is 0 Å². The van der Waals surface area contributed by atoms with Crippen molar-refractivity contribution < 1.29 is 0 Å². The van der Waals surface area contributed by atoms with E-state index in [9.17, 15) is 0 Å². The summed E-state index contributed by atoms with van der Waals surface area (Å²) < 4.78 is 0. The molecule has 0 atom stereocenters. The van der Waals surface area contributed by atoms with E-state index in [-0.39, 0.29) is 0 Å². The van der Waals surface area contributed by atoms with Gasteiger partial charge in [-0.25, -0.2) is 0 Å². The average molecular weight is 165 g/mol. The van der Waals surface area contributed by atoms with Crippen LogP contribution in [0.5, 0.6) is 0 Å². The van der Waals surface area contributed by atoms with Gasteiger partial charge in [0, 0.05) is 10.6 Å². The van der Waals surface area contributed by atoms with Crippen LogP contribution >= 0.6 is 12.6 Å². The molecule has 11 heavy (non-hydrogen) atoms. The zero-order chi connectivity index (χ0) is 8.27. The predicted molar refractivity (Wildman–Crippen MR) is 50.9 cm³/mol. The minimum atomic E-state index is 0.925. The number of allylic oxidation sites excluding steroid dienone is 1. The molecule has 0 aromatic carbocycles. The first-order valence-electron chi connectivity index (χ1n) is 3.53. The van der Waals surface area contributed by atoms with Gasteiger partial charge >= 0.3 is 0 Å². The fourth-order valence-corrected chi connectivity index (χ4v) is 1.05. The summed E-state index contributed by atoms with van der Waals surface area (Å²) in [7, 11) is 0. The number of pyridine rings is 1. The van der Waals surface area contributed by atoms with Crippen LogP contribution in [0, 0.1) is 6.92 Å². The number of hydrogen-bond acceptors (Lipinski definition) is 2. The Morgan fingerprint density at radius 3 is 2.82 bits per heavy atom. The van der Waals surface area contributed by atoms with Gasteiger partial charge in [-0.3, -0.25) is 4.98 Å². The zero-order valence-electron chi connectivity index (χ0n) is 6.70. The molecule has 0 aliphatic heterocycles. The molecular weight excluding hydrogens is 154 g/mol. The molecule has 0 bridgehead atoms. The summed E-state index contributed by atoms with van der Waals surface area (Å²) in [4.78, 5) is 5.22. The molecule has 0 unspecified atom stereocenters. The Bertz CT molecular complexity index is 279. The lowest BCUT2D eigenvalue weighted by molar-refractivity contribution is 1.13. The number of hydrogen-bond donors (Lipinski definition) is 1. The van der Waals surface area contributed by atoms with Crippen molar-refractivity contribution in [3.05, 3.63) is 29.6 Å². The van der Waals surface area contributed by atoms with Crippen LogP contribution in [0.25, 0.3) is 6.08 Å². The molecule has 1 nitrogen and oxygen atoms in total. The van der Waals surface area contributed by atoms with Crippen LogP contribution in [0.1, 0.15) is 18.3 Å². The second-order valence-corrected chi connectivity index (χ2v) is 2.84. The highest BCUT2D eigenvalue weighted by molar-refractivity contribution is 7.80. The lowest BCUT2D eigenvalue weighted by Gasteiger charge is -1.98. The molecule has 0 radical (unpaired) electrons. The van der Waals surface area contributed by atoms with Gasteiger partial charge in [0.2, 0.25) is 0 Å². The van der Waals surface area contributed by atoms with Gasteiger partial charge in [0.15, 0.2) is 0 Å². The van der Waals surface area contributed by atoms with Crippen LogP contribution in [0.2, 0.25) is 0 Å². The Hall–Kier alpha value is -0.760. The smallest absolute Gasteiger partial charge is 0.0762 e. The summed E-state index contributed by atoms with van der Waals surface area (Å²) in [5.74, 6) is 0. The third-order valence-electron chi connectivity index (χ3n) is 1.37. The lowest BCUT2D eigenvalue weighted by Crippen LogP contribution is -1.86. The van der Waals surface area contributed by atoms with E-state index in [1.165, 1.54) is 0 Å². The maximum atomic E-state index is 4.30. The first kappa shape index (κ1) is 8.34. The normalized spacial score (nSPS) is 10.8. The van der Waals surface area contributed by atoms with Gasteiger partial charge in [0.05, 0.1) is 5.69 Å². The highest BCUT2D eigenvalue weighted by Gasteiger charge is 1.94. The van der Waals surface area contributed by atoms with Crippen LogP contribution in [0.4, 0.5) is 0 Å². The van der Waals surface area contributed by atoms with E-state index in [2.05, 4.69) is 17.6 Å². The molecule has 58 valence electrons. The van der Waals surface area contributed by atoms with E-state index in [0.29, 0.717) is 0 Å². The molecule has 1 aromatic heterocycles. The zero-order valence-corrected chi connectivity index (χ0v) is 7.60. The molecule has 0 aliphatic rings. The van der Waals surface area contributed by atoms with E-state index in [4.69, 9.17) is 0 Å². The van der Waals surface area contributed by atoms with Crippen molar-refractivity contribution in [1.29, 1.82) is 0 Å². The molecule has 1 aromatic rings. The third kappa shape index (κ3) is 2.09. The maximum Gasteiger partial charge on any atom is 0.0762 e. The molecule has 0 saturated heterocycles. The van der Waals surface area contributed by atoms with Crippen molar-refractivity contribution in [2.45, 2.75) is 18.7 Å². The minimum absolute atomic E-state index is 0.925. The van der Waals surface area contributed by atoms with E-state index in [1.54, 1.807) is 0 Å². The lowest BCUT2D eigenvalue weighted by atomic mass is 10.3. The quantitative estimate of drug-likeness (QED) is 0.631. The fourth-order valence-electron chi connectivity index (χ4n) is 0.850. The van der Waals surface area contributed by atoms with Crippen LogP contribution < -0.4 is 0 Å². The topological polar surface area (TPSA) is 12.9 Å². The Morgan fingerprint density at radius 2 is 2.18 bits per heavy atom. The number of nitrogens with zero attached hydrogens (tertiary/aromatic N) is 1. The Balaban J connectivity index is 3.12. The van der Waals surface area contributed by atoms with Gasteiger partial charge in [-0.1, -0.05) is 6.08 Å². The second-order valence-electron chi connectivity index (χ2n) is 2.36. The molecule has 0 aliphatic carbocycles. The molecule has 2 heteroatoms. The van der Waals surface area contributed by atoms with Crippen LogP contribution in [-0.4, -0.2) is 4.98 Å². The van der Waals surface area contributed by atoms with Crippen LogP contribution in [-0.2, 0) is 0 Å².